The van der Waals surface area contributed by atoms with E-state index in [4.69, 9.17) is 32.4 Å². The van der Waals surface area contributed by atoms with E-state index in [-0.39, 0.29) is 0 Å². The molecule has 0 unspecified atom stereocenters. The lowest BCUT2D eigenvalue weighted by atomic mass is 10.2. The summed E-state index contributed by atoms with van der Waals surface area (Å²) in [5, 5.41) is 4.29. The first-order valence-corrected chi connectivity index (χ1v) is 8.12. The third-order valence-electron chi connectivity index (χ3n) is 2.95. The summed E-state index contributed by atoms with van der Waals surface area (Å²) in [5.41, 5.74) is 1.11. The molecule has 3 nitrogen and oxygen atoms in total. The molecule has 0 fully saturated rings. The Kier molecular flexibility index (Phi) is 5.99. The zero-order valence-electron chi connectivity index (χ0n) is 11.8. The van der Waals surface area contributed by atoms with Crippen LogP contribution in [0.1, 0.15) is 24.0 Å². The topological polar surface area (TPSA) is 34.4 Å². The van der Waals surface area contributed by atoms with Gasteiger partial charge in [0.1, 0.15) is 23.9 Å². The Morgan fingerprint density at radius 3 is 2.71 bits per heavy atom. The van der Waals surface area contributed by atoms with Gasteiger partial charge in [0.25, 0.3) is 0 Å². The molecule has 0 aliphatic heterocycles. The normalized spacial score (nSPS) is 10.9. The highest BCUT2D eigenvalue weighted by Gasteiger charge is 2.10. The molecule has 0 radical (unpaired) electrons. The van der Waals surface area contributed by atoms with Gasteiger partial charge in [0.2, 0.25) is 0 Å². The first-order chi connectivity index (χ1) is 10.0. The van der Waals surface area contributed by atoms with Crippen LogP contribution in [0.15, 0.2) is 27.1 Å². The van der Waals surface area contributed by atoms with Gasteiger partial charge in [-0.15, -0.1) is 0 Å². The van der Waals surface area contributed by atoms with Crippen LogP contribution in [0.5, 0.6) is 5.75 Å². The van der Waals surface area contributed by atoms with Crippen molar-refractivity contribution in [3.8, 4) is 5.75 Å². The summed E-state index contributed by atoms with van der Waals surface area (Å²) in [7, 11) is 0. The molecule has 1 heterocycles. The molecule has 0 atom stereocenters. The molecule has 2 rings (SSSR count). The van der Waals surface area contributed by atoms with Gasteiger partial charge in [0, 0.05) is 10.5 Å². The number of furan rings is 1. The molecule has 0 saturated heterocycles. The van der Waals surface area contributed by atoms with Crippen LogP contribution in [0.4, 0.5) is 0 Å². The summed E-state index contributed by atoms with van der Waals surface area (Å²) in [5.74, 6) is 2.22. The van der Waals surface area contributed by atoms with Crippen molar-refractivity contribution in [2.45, 2.75) is 27.0 Å². The molecule has 1 aromatic heterocycles. The summed E-state index contributed by atoms with van der Waals surface area (Å²) >= 11 is 15.5. The van der Waals surface area contributed by atoms with Crippen molar-refractivity contribution in [3.63, 3.8) is 0 Å². The third kappa shape index (κ3) is 4.39. The number of halogens is 3. The van der Waals surface area contributed by atoms with E-state index in [2.05, 4.69) is 28.2 Å². The Labute approximate surface area is 142 Å². The molecule has 1 aromatic carbocycles. The van der Waals surface area contributed by atoms with Gasteiger partial charge >= 0.3 is 0 Å². The lowest BCUT2D eigenvalue weighted by Crippen LogP contribution is -2.11. The Morgan fingerprint density at radius 2 is 2.00 bits per heavy atom. The van der Waals surface area contributed by atoms with Crippen molar-refractivity contribution < 1.29 is 9.15 Å². The monoisotopic (exact) mass is 391 g/mol. The molecular formula is C15H16BrCl2NO2. The van der Waals surface area contributed by atoms with E-state index < -0.39 is 0 Å². The van der Waals surface area contributed by atoms with Crippen molar-refractivity contribution >= 4 is 39.1 Å². The number of hydrogen-bond donors (Lipinski definition) is 1. The maximum absolute atomic E-state index is 6.12. The maximum atomic E-state index is 6.12. The maximum Gasteiger partial charge on any atom is 0.146 e. The second-order valence-corrected chi connectivity index (χ2v) is 6.25. The molecule has 6 heteroatoms. The third-order valence-corrected chi connectivity index (χ3v) is 4.44. The Morgan fingerprint density at radius 1 is 1.24 bits per heavy atom. The van der Waals surface area contributed by atoms with Gasteiger partial charge in [0.15, 0.2) is 0 Å². The summed E-state index contributed by atoms with van der Waals surface area (Å²) in [6.07, 6.45) is 0. The highest BCUT2D eigenvalue weighted by Crippen LogP contribution is 2.34. The minimum atomic E-state index is 0.310. The van der Waals surface area contributed by atoms with Gasteiger partial charge in [-0.3, -0.25) is 0 Å². The van der Waals surface area contributed by atoms with Crippen molar-refractivity contribution in [1.82, 2.24) is 5.32 Å². The molecular weight excluding hydrogens is 377 g/mol. The van der Waals surface area contributed by atoms with E-state index in [1.54, 1.807) is 12.1 Å². The van der Waals surface area contributed by atoms with Gasteiger partial charge in [-0.25, -0.2) is 0 Å². The summed E-state index contributed by atoms with van der Waals surface area (Å²) in [6, 6.07) is 5.37. The molecule has 0 spiro atoms. The SMILES string of the molecule is CCNCc1oc(COc2cc(Cl)c(Br)cc2Cl)cc1C. The lowest BCUT2D eigenvalue weighted by Gasteiger charge is -2.08. The molecule has 0 bridgehead atoms. The number of hydrogen-bond acceptors (Lipinski definition) is 3. The molecule has 1 N–H and O–H groups in total. The van der Waals surface area contributed by atoms with Crippen LogP contribution >= 0.6 is 39.1 Å². The van der Waals surface area contributed by atoms with Crippen LogP contribution in [-0.4, -0.2) is 6.54 Å². The fraction of sp³-hybridized carbons (Fsp3) is 0.333. The number of aryl methyl sites for hydroxylation is 1. The number of rotatable bonds is 6. The fourth-order valence-corrected chi connectivity index (χ4v) is 2.69. The molecule has 0 aliphatic rings. The van der Waals surface area contributed by atoms with Crippen LogP contribution in [0.2, 0.25) is 10.0 Å². The zero-order chi connectivity index (χ0) is 15.4. The minimum Gasteiger partial charge on any atom is -0.484 e. The lowest BCUT2D eigenvalue weighted by molar-refractivity contribution is 0.265. The predicted octanol–water partition coefficient (Wildman–Crippen LogP) is 5.35. The second-order valence-electron chi connectivity index (χ2n) is 4.58. The number of ether oxygens (including phenoxy) is 1. The molecule has 114 valence electrons. The molecule has 0 amide bonds. The average molecular weight is 393 g/mol. The molecule has 2 aromatic rings. The fourth-order valence-electron chi connectivity index (χ4n) is 1.84. The number of nitrogens with one attached hydrogen (secondary N) is 1. The minimum absolute atomic E-state index is 0.310. The summed E-state index contributed by atoms with van der Waals surface area (Å²) in [6.45, 7) is 6.00. The van der Waals surface area contributed by atoms with E-state index in [0.717, 1.165) is 28.1 Å². The van der Waals surface area contributed by atoms with Crippen LogP contribution in [0, 0.1) is 6.92 Å². The van der Waals surface area contributed by atoms with Crippen molar-refractivity contribution in [1.29, 1.82) is 0 Å². The molecule has 0 aliphatic carbocycles. The van der Waals surface area contributed by atoms with E-state index >= 15 is 0 Å². The van der Waals surface area contributed by atoms with Crippen molar-refractivity contribution in [2.24, 2.45) is 0 Å². The van der Waals surface area contributed by atoms with E-state index in [9.17, 15) is 0 Å². The first-order valence-electron chi connectivity index (χ1n) is 6.57. The van der Waals surface area contributed by atoms with Gasteiger partial charge in [-0.2, -0.15) is 0 Å². The summed E-state index contributed by atoms with van der Waals surface area (Å²) in [4.78, 5) is 0. The number of benzene rings is 1. The van der Waals surface area contributed by atoms with Crippen molar-refractivity contribution in [2.75, 3.05) is 6.54 Å². The van der Waals surface area contributed by atoms with Gasteiger partial charge < -0.3 is 14.5 Å². The van der Waals surface area contributed by atoms with Crippen LogP contribution in [0.25, 0.3) is 0 Å². The quantitative estimate of drug-likeness (QED) is 0.673. The van der Waals surface area contributed by atoms with Crippen LogP contribution in [0.3, 0.4) is 0 Å². The smallest absolute Gasteiger partial charge is 0.146 e. The molecule has 21 heavy (non-hydrogen) atoms. The Hall–Kier alpha value is -0.680. The highest BCUT2D eigenvalue weighted by atomic mass is 79.9. The Bertz CT molecular complexity index is 628. The Balaban J connectivity index is 2.05. The van der Waals surface area contributed by atoms with Crippen LogP contribution < -0.4 is 10.1 Å². The average Bonchev–Trinajstić information content (AvgIpc) is 2.79. The standard InChI is InChI=1S/C15H16BrCl2NO2/c1-3-19-7-15-9(2)4-10(21-15)8-20-14-6-12(17)11(16)5-13(14)18/h4-6,19H,3,7-8H2,1-2H3. The van der Waals surface area contributed by atoms with Gasteiger partial charge in [-0.05, 0) is 47.1 Å². The predicted molar refractivity (Wildman–Crippen MR) is 89.3 cm³/mol. The van der Waals surface area contributed by atoms with Gasteiger partial charge in [0.05, 0.1) is 16.6 Å². The van der Waals surface area contributed by atoms with E-state index in [1.165, 1.54) is 0 Å². The molecule has 0 saturated carbocycles. The van der Waals surface area contributed by atoms with Crippen molar-refractivity contribution in [3.05, 3.63) is 49.8 Å². The summed E-state index contributed by atoms with van der Waals surface area (Å²) < 4.78 is 12.2. The highest BCUT2D eigenvalue weighted by molar-refractivity contribution is 9.10. The second kappa shape index (κ2) is 7.54. The zero-order valence-corrected chi connectivity index (χ0v) is 14.9. The van der Waals surface area contributed by atoms with Crippen LogP contribution in [-0.2, 0) is 13.2 Å². The van der Waals surface area contributed by atoms with Gasteiger partial charge in [-0.1, -0.05) is 30.1 Å². The van der Waals surface area contributed by atoms with E-state index in [1.807, 2.05) is 13.0 Å². The largest absolute Gasteiger partial charge is 0.484 e. The van der Waals surface area contributed by atoms with E-state index in [0.29, 0.717) is 28.9 Å². The first kappa shape index (κ1) is 16.7.